The van der Waals surface area contributed by atoms with Crippen molar-refractivity contribution in [3.63, 3.8) is 0 Å². The molecule has 2 aliphatic rings. The van der Waals surface area contributed by atoms with Gasteiger partial charge in [0.05, 0.1) is 49.4 Å². The van der Waals surface area contributed by atoms with Crippen LogP contribution in [0, 0.1) is 13.8 Å². The van der Waals surface area contributed by atoms with Crippen LogP contribution >= 0.6 is 0 Å². The fourth-order valence-corrected chi connectivity index (χ4v) is 5.73. The summed E-state index contributed by atoms with van der Waals surface area (Å²) < 4.78 is 82.2. The molecular formula is C24H30O10S2. The van der Waals surface area contributed by atoms with E-state index in [2.05, 4.69) is 0 Å². The van der Waals surface area contributed by atoms with E-state index in [9.17, 15) is 16.8 Å². The van der Waals surface area contributed by atoms with Gasteiger partial charge in [-0.15, -0.1) is 0 Å². The minimum atomic E-state index is -3.86. The van der Waals surface area contributed by atoms with Crippen LogP contribution in [-0.2, 0) is 47.5 Å². The van der Waals surface area contributed by atoms with Crippen LogP contribution < -0.4 is 0 Å². The fraction of sp³-hybridized carbons (Fsp3) is 0.500. The van der Waals surface area contributed by atoms with E-state index in [1.54, 1.807) is 24.3 Å². The van der Waals surface area contributed by atoms with Crippen molar-refractivity contribution in [3.05, 3.63) is 59.7 Å². The van der Waals surface area contributed by atoms with Gasteiger partial charge >= 0.3 is 0 Å². The highest BCUT2D eigenvalue weighted by Gasteiger charge is 2.48. The summed E-state index contributed by atoms with van der Waals surface area (Å²) in [7, 11) is -7.72. The number of hydrogen-bond acceptors (Lipinski definition) is 10. The van der Waals surface area contributed by atoms with E-state index in [1.807, 2.05) is 13.8 Å². The lowest BCUT2D eigenvalue weighted by molar-refractivity contribution is -0.0565. The second-order valence-corrected chi connectivity index (χ2v) is 11.8. The maximum atomic E-state index is 12.3. The molecule has 2 heterocycles. The van der Waals surface area contributed by atoms with Crippen molar-refractivity contribution in [1.29, 1.82) is 0 Å². The highest BCUT2D eigenvalue weighted by Crippen LogP contribution is 2.30. The first kappa shape index (κ1) is 27.1. The number of aryl methyl sites for hydroxylation is 2. The molecule has 0 N–H and O–H groups in total. The quantitative estimate of drug-likeness (QED) is 0.290. The van der Waals surface area contributed by atoms with Gasteiger partial charge in [0.1, 0.15) is 24.4 Å². The van der Waals surface area contributed by atoms with Crippen LogP contribution in [0.5, 0.6) is 0 Å². The Kier molecular flexibility index (Phi) is 8.79. The van der Waals surface area contributed by atoms with Gasteiger partial charge in [0.25, 0.3) is 20.2 Å². The summed E-state index contributed by atoms with van der Waals surface area (Å²) >= 11 is 0. The molecule has 0 aliphatic carbocycles. The lowest BCUT2D eigenvalue weighted by atomic mass is 10.1. The Balaban J connectivity index is 1.16. The van der Waals surface area contributed by atoms with Gasteiger partial charge in [-0.25, -0.2) is 0 Å². The van der Waals surface area contributed by atoms with Crippen LogP contribution in [0.3, 0.4) is 0 Å². The predicted molar refractivity (Wildman–Crippen MR) is 128 cm³/mol. The Bertz CT molecular complexity index is 1110. The van der Waals surface area contributed by atoms with E-state index in [0.717, 1.165) is 11.1 Å². The van der Waals surface area contributed by atoms with Crippen molar-refractivity contribution in [3.8, 4) is 0 Å². The van der Waals surface area contributed by atoms with Gasteiger partial charge in [-0.2, -0.15) is 16.8 Å². The van der Waals surface area contributed by atoms with Gasteiger partial charge < -0.3 is 18.9 Å². The zero-order chi connectivity index (χ0) is 25.8. The van der Waals surface area contributed by atoms with Crippen molar-refractivity contribution < 1.29 is 44.1 Å². The Hall–Kier alpha value is -1.90. The third-order valence-corrected chi connectivity index (χ3v) is 8.54. The molecule has 2 saturated heterocycles. The van der Waals surface area contributed by atoms with Gasteiger partial charge in [0.2, 0.25) is 0 Å². The molecular weight excluding hydrogens is 512 g/mol. The van der Waals surface area contributed by atoms with Gasteiger partial charge in [-0.3, -0.25) is 8.37 Å². The van der Waals surface area contributed by atoms with Crippen molar-refractivity contribution in [2.24, 2.45) is 0 Å². The SMILES string of the molecule is Cc1ccc(S(=O)(=O)OCCO[C@@H]2CO[C@H]3[C@@H]2OC[C@H]3OCCOS(=O)(=O)c2ccc(C)cc2)cc1. The molecule has 12 heteroatoms. The van der Waals surface area contributed by atoms with Crippen LogP contribution in [-0.4, -0.2) is 80.9 Å². The van der Waals surface area contributed by atoms with Gasteiger partial charge in [-0.1, -0.05) is 35.4 Å². The van der Waals surface area contributed by atoms with Gasteiger partial charge in [0, 0.05) is 0 Å². The molecule has 0 saturated carbocycles. The number of rotatable bonds is 12. The summed E-state index contributed by atoms with van der Waals surface area (Å²) in [6, 6.07) is 12.8. The molecule has 0 spiro atoms. The number of hydrogen-bond donors (Lipinski definition) is 0. The monoisotopic (exact) mass is 542 g/mol. The highest BCUT2D eigenvalue weighted by molar-refractivity contribution is 7.87. The maximum absolute atomic E-state index is 12.3. The van der Waals surface area contributed by atoms with E-state index >= 15 is 0 Å². The average Bonchev–Trinajstić information content (AvgIpc) is 3.43. The van der Waals surface area contributed by atoms with Gasteiger partial charge in [-0.05, 0) is 38.1 Å². The van der Waals surface area contributed by atoms with Gasteiger partial charge in [0.15, 0.2) is 0 Å². The largest absolute Gasteiger partial charge is 0.371 e. The Morgan fingerprint density at radius 3 is 1.36 bits per heavy atom. The summed E-state index contributed by atoms with van der Waals surface area (Å²) in [5.74, 6) is 0. The second kappa shape index (κ2) is 11.7. The summed E-state index contributed by atoms with van der Waals surface area (Å²) in [5, 5.41) is 0. The molecule has 2 aromatic carbocycles. The first-order chi connectivity index (χ1) is 17.2. The summed E-state index contributed by atoms with van der Waals surface area (Å²) in [5.41, 5.74) is 1.90. The van der Waals surface area contributed by atoms with E-state index in [0.29, 0.717) is 0 Å². The standard InChI is InChI=1S/C24H30O10S2/c1-17-3-7-19(8-4-17)35(25,26)33-13-11-29-21-15-31-24-22(16-32-23(21)24)30-12-14-34-36(27,28)20-9-5-18(2)6-10-20/h3-10,21-24H,11-16H2,1-2H3/t21-,22-,23-,24-/m1/s1. The van der Waals surface area contributed by atoms with E-state index < -0.39 is 32.4 Å². The molecule has 4 rings (SSSR count). The molecule has 2 fully saturated rings. The minimum Gasteiger partial charge on any atom is -0.371 e. The summed E-state index contributed by atoms with van der Waals surface area (Å²) in [6.07, 6.45) is -1.54. The van der Waals surface area contributed by atoms with E-state index in [4.69, 9.17) is 27.3 Å². The smallest absolute Gasteiger partial charge is 0.297 e. The Morgan fingerprint density at radius 1 is 0.639 bits per heavy atom. The molecule has 198 valence electrons. The molecule has 36 heavy (non-hydrogen) atoms. The minimum absolute atomic E-state index is 0.0436. The molecule has 2 aliphatic heterocycles. The zero-order valence-corrected chi connectivity index (χ0v) is 21.7. The number of benzene rings is 2. The van der Waals surface area contributed by atoms with Crippen LogP contribution in [0.15, 0.2) is 58.3 Å². The molecule has 4 atom stereocenters. The van der Waals surface area contributed by atoms with Crippen LogP contribution in [0.4, 0.5) is 0 Å². The molecule has 0 bridgehead atoms. The third-order valence-electron chi connectivity index (χ3n) is 5.89. The fourth-order valence-electron chi connectivity index (χ4n) is 3.95. The number of ether oxygens (including phenoxy) is 4. The lowest BCUT2D eigenvalue weighted by Crippen LogP contribution is -2.35. The summed E-state index contributed by atoms with van der Waals surface area (Å²) in [4.78, 5) is 0.180. The molecule has 10 nitrogen and oxygen atoms in total. The molecule has 2 aromatic rings. The van der Waals surface area contributed by atoms with Crippen molar-refractivity contribution in [1.82, 2.24) is 0 Å². The molecule has 0 aromatic heterocycles. The topological polar surface area (TPSA) is 124 Å². The van der Waals surface area contributed by atoms with Crippen LogP contribution in [0.1, 0.15) is 11.1 Å². The van der Waals surface area contributed by atoms with Crippen molar-refractivity contribution >= 4 is 20.2 Å². The lowest BCUT2D eigenvalue weighted by Gasteiger charge is -2.17. The van der Waals surface area contributed by atoms with Crippen molar-refractivity contribution in [2.45, 2.75) is 48.1 Å². The van der Waals surface area contributed by atoms with E-state index in [-0.39, 0.29) is 61.6 Å². The predicted octanol–water partition coefficient (Wildman–Crippen LogP) is 1.98. The van der Waals surface area contributed by atoms with Crippen molar-refractivity contribution in [2.75, 3.05) is 39.6 Å². The summed E-state index contributed by atoms with van der Waals surface area (Å²) in [6.45, 7) is 4.06. The van der Waals surface area contributed by atoms with Crippen LogP contribution in [0.25, 0.3) is 0 Å². The first-order valence-corrected chi connectivity index (χ1v) is 14.4. The third kappa shape index (κ3) is 6.69. The Morgan fingerprint density at radius 2 is 1.00 bits per heavy atom. The zero-order valence-electron chi connectivity index (χ0n) is 20.1. The van der Waals surface area contributed by atoms with Crippen LogP contribution in [0.2, 0.25) is 0 Å². The van der Waals surface area contributed by atoms with E-state index in [1.165, 1.54) is 24.3 Å². The molecule has 0 radical (unpaired) electrons. The molecule has 0 unspecified atom stereocenters. The first-order valence-electron chi connectivity index (χ1n) is 11.5. The maximum Gasteiger partial charge on any atom is 0.297 e. The number of fused-ring (bicyclic) bond motifs is 1. The normalized spacial score (nSPS) is 24.2. The average molecular weight is 543 g/mol. The highest BCUT2D eigenvalue weighted by atomic mass is 32.2. The Labute approximate surface area is 211 Å². The second-order valence-electron chi connectivity index (χ2n) is 8.59. The molecule has 0 amide bonds.